The van der Waals surface area contributed by atoms with Crippen LogP contribution in [0.4, 0.5) is 0 Å². The Morgan fingerprint density at radius 1 is 1.70 bits per heavy atom. The molecule has 0 rings (SSSR count). The van der Waals surface area contributed by atoms with E-state index in [2.05, 4.69) is 4.74 Å². The molecule has 0 aliphatic heterocycles. The molecule has 0 saturated carbocycles. The minimum atomic E-state index is -2.09. The van der Waals surface area contributed by atoms with Crippen molar-refractivity contribution in [2.24, 2.45) is 0 Å². The van der Waals surface area contributed by atoms with Crippen LogP contribution < -0.4 is 0 Å². The smallest absolute Gasteiger partial charge is 0.321 e. The number of ether oxygens (including phenoxy) is 1. The lowest BCUT2D eigenvalue weighted by Gasteiger charge is -2.04. The quantitative estimate of drug-likeness (QED) is 0.479. The van der Waals surface area contributed by atoms with Gasteiger partial charge in [-0.05, 0) is 13.8 Å². The van der Waals surface area contributed by atoms with Crippen molar-refractivity contribution in [2.75, 3.05) is 5.75 Å². The van der Waals surface area contributed by atoms with E-state index in [0.717, 1.165) is 0 Å². The van der Waals surface area contributed by atoms with Crippen LogP contribution in [0.5, 0.6) is 0 Å². The molecule has 0 amide bonds. The first-order chi connectivity index (χ1) is 4.52. The molecule has 0 bridgehead atoms. The third kappa shape index (κ3) is 5.71. The van der Waals surface area contributed by atoms with Gasteiger partial charge in [0.2, 0.25) is 0 Å². The Bertz CT molecular complexity index is 143. The number of esters is 1. The fourth-order valence-corrected chi connectivity index (χ4v) is 0.667. The van der Waals surface area contributed by atoms with Gasteiger partial charge in [-0.25, -0.2) is 4.21 Å². The van der Waals surface area contributed by atoms with Crippen molar-refractivity contribution < 1.29 is 18.3 Å². The average molecular weight is 166 g/mol. The first kappa shape index (κ1) is 9.58. The van der Waals surface area contributed by atoms with Gasteiger partial charge in [0.15, 0.2) is 11.1 Å². The second-order valence-electron chi connectivity index (χ2n) is 2.00. The van der Waals surface area contributed by atoms with Gasteiger partial charge in [-0.1, -0.05) is 0 Å². The van der Waals surface area contributed by atoms with Crippen LogP contribution in [0, 0.1) is 0 Å². The van der Waals surface area contributed by atoms with Crippen molar-refractivity contribution in [1.82, 2.24) is 0 Å². The lowest BCUT2D eigenvalue weighted by molar-refractivity contribution is -0.144. The Balaban J connectivity index is 3.54. The van der Waals surface area contributed by atoms with Gasteiger partial charge in [-0.2, -0.15) is 0 Å². The summed E-state index contributed by atoms with van der Waals surface area (Å²) in [5.74, 6) is -1.09. The van der Waals surface area contributed by atoms with E-state index in [9.17, 15) is 9.00 Å². The molecule has 4 nitrogen and oxygen atoms in total. The molecule has 10 heavy (non-hydrogen) atoms. The molecular formula is C5H10O4S. The number of rotatable bonds is 3. The molecule has 1 atom stereocenters. The predicted octanol–water partition coefficient (Wildman–Crippen LogP) is 0.160. The fraction of sp³-hybridized carbons (Fsp3) is 0.800. The maximum atomic E-state index is 10.5. The number of hydrogen-bond acceptors (Lipinski definition) is 3. The predicted molar refractivity (Wildman–Crippen MR) is 36.9 cm³/mol. The maximum absolute atomic E-state index is 10.5. The molecule has 0 saturated heterocycles. The second-order valence-corrected chi connectivity index (χ2v) is 2.94. The summed E-state index contributed by atoms with van der Waals surface area (Å²) in [6.07, 6.45) is -0.226. The van der Waals surface area contributed by atoms with Crippen LogP contribution in [0.2, 0.25) is 0 Å². The summed E-state index contributed by atoms with van der Waals surface area (Å²) in [6, 6.07) is 0. The van der Waals surface area contributed by atoms with Crippen molar-refractivity contribution in [1.29, 1.82) is 0 Å². The van der Waals surface area contributed by atoms with Gasteiger partial charge in [0.1, 0.15) is 5.75 Å². The topological polar surface area (TPSA) is 63.6 Å². The highest BCUT2D eigenvalue weighted by Crippen LogP contribution is 1.89. The van der Waals surface area contributed by atoms with Gasteiger partial charge in [0.05, 0.1) is 6.10 Å². The SMILES string of the molecule is CC(C)OC(=O)CS(=O)O. The molecule has 0 aromatic carbocycles. The normalized spacial score (nSPS) is 13.2. The highest BCUT2D eigenvalue weighted by atomic mass is 32.2. The van der Waals surface area contributed by atoms with Crippen LogP contribution in [-0.2, 0) is 20.6 Å². The standard InChI is InChI=1S/C5H10O4S/c1-4(2)9-5(6)3-10(7)8/h4H,3H2,1-2H3,(H,7,8). The lowest BCUT2D eigenvalue weighted by atomic mass is 10.5. The van der Waals surface area contributed by atoms with Crippen LogP contribution in [0.25, 0.3) is 0 Å². The minimum Gasteiger partial charge on any atom is -0.462 e. The third-order valence-electron chi connectivity index (χ3n) is 0.608. The van der Waals surface area contributed by atoms with E-state index in [4.69, 9.17) is 4.55 Å². The minimum absolute atomic E-state index is 0.226. The van der Waals surface area contributed by atoms with Crippen LogP contribution in [-0.4, -0.2) is 26.6 Å². The van der Waals surface area contributed by atoms with E-state index >= 15 is 0 Å². The lowest BCUT2D eigenvalue weighted by Crippen LogP contribution is -2.17. The van der Waals surface area contributed by atoms with Crippen LogP contribution in [0.1, 0.15) is 13.8 Å². The summed E-state index contributed by atoms with van der Waals surface area (Å²) in [6.45, 7) is 3.36. The van der Waals surface area contributed by atoms with E-state index in [0.29, 0.717) is 0 Å². The summed E-state index contributed by atoms with van der Waals surface area (Å²) in [4.78, 5) is 10.5. The summed E-state index contributed by atoms with van der Waals surface area (Å²) < 4.78 is 22.8. The molecule has 0 heterocycles. The highest BCUT2D eigenvalue weighted by Gasteiger charge is 2.07. The molecule has 0 aliphatic rings. The molecule has 0 fully saturated rings. The van der Waals surface area contributed by atoms with Crippen molar-refractivity contribution in [2.45, 2.75) is 20.0 Å². The summed E-state index contributed by atoms with van der Waals surface area (Å²) >= 11 is -2.09. The van der Waals surface area contributed by atoms with Crippen molar-refractivity contribution in [3.05, 3.63) is 0 Å². The van der Waals surface area contributed by atoms with E-state index in [1.807, 2.05) is 0 Å². The molecule has 0 aliphatic carbocycles. The molecule has 5 heteroatoms. The molecule has 60 valence electrons. The van der Waals surface area contributed by atoms with Crippen LogP contribution in [0.3, 0.4) is 0 Å². The molecule has 1 N–H and O–H groups in total. The first-order valence-electron chi connectivity index (χ1n) is 2.79. The molecule has 0 aromatic rings. The third-order valence-corrected chi connectivity index (χ3v) is 1.09. The number of carbonyl (C=O) groups excluding carboxylic acids is 1. The Morgan fingerprint density at radius 2 is 2.20 bits per heavy atom. The van der Waals surface area contributed by atoms with Gasteiger partial charge in [-0.3, -0.25) is 4.79 Å². The van der Waals surface area contributed by atoms with Crippen molar-refractivity contribution in [3.8, 4) is 0 Å². The van der Waals surface area contributed by atoms with Gasteiger partial charge < -0.3 is 9.29 Å². The van der Waals surface area contributed by atoms with Crippen molar-refractivity contribution >= 4 is 17.0 Å². The van der Waals surface area contributed by atoms with E-state index in [-0.39, 0.29) is 6.10 Å². The molecule has 1 unspecified atom stereocenters. The zero-order valence-corrected chi connectivity index (χ0v) is 6.68. The largest absolute Gasteiger partial charge is 0.462 e. The fourth-order valence-electron chi connectivity index (χ4n) is 0.398. The second kappa shape index (κ2) is 4.40. The number of hydrogen-bond donors (Lipinski definition) is 1. The molecule has 0 aromatic heterocycles. The van der Waals surface area contributed by atoms with Gasteiger partial charge in [0.25, 0.3) is 0 Å². The summed E-state index contributed by atoms with van der Waals surface area (Å²) in [7, 11) is 0. The first-order valence-corrected chi connectivity index (χ1v) is 4.07. The number of carbonyl (C=O) groups is 1. The monoisotopic (exact) mass is 166 g/mol. The molecule has 0 radical (unpaired) electrons. The Kier molecular flexibility index (Phi) is 4.22. The van der Waals surface area contributed by atoms with Gasteiger partial charge >= 0.3 is 5.97 Å². The van der Waals surface area contributed by atoms with Crippen LogP contribution >= 0.6 is 0 Å². The van der Waals surface area contributed by atoms with E-state index in [1.165, 1.54) is 0 Å². The zero-order valence-electron chi connectivity index (χ0n) is 5.86. The Labute approximate surface area is 61.9 Å². The Hall–Kier alpha value is -0.420. The zero-order chi connectivity index (χ0) is 8.15. The summed E-state index contributed by atoms with van der Waals surface area (Å²) in [5, 5.41) is 0. The van der Waals surface area contributed by atoms with Gasteiger partial charge in [-0.15, -0.1) is 0 Å². The summed E-state index contributed by atoms with van der Waals surface area (Å²) in [5.41, 5.74) is 0. The van der Waals surface area contributed by atoms with E-state index < -0.39 is 22.8 Å². The molecular weight excluding hydrogens is 156 g/mol. The maximum Gasteiger partial charge on any atom is 0.321 e. The van der Waals surface area contributed by atoms with E-state index in [1.54, 1.807) is 13.8 Å². The van der Waals surface area contributed by atoms with Crippen LogP contribution in [0.15, 0.2) is 0 Å². The molecule has 0 spiro atoms. The van der Waals surface area contributed by atoms with Gasteiger partial charge in [0, 0.05) is 0 Å². The highest BCUT2D eigenvalue weighted by molar-refractivity contribution is 7.80. The Morgan fingerprint density at radius 3 is 2.50 bits per heavy atom. The average Bonchev–Trinajstić information content (AvgIpc) is 1.58. The van der Waals surface area contributed by atoms with Crippen molar-refractivity contribution in [3.63, 3.8) is 0 Å².